The first kappa shape index (κ1) is 38.5. The van der Waals surface area contributed by atoms with Crippen molar-refractivity contribution in [3.8, 4) is 50.2 Å². The van der Waals surface area contributed by atoms with Crippen LogP contribution in [0.3, 0.4) is 0 Å². The smallest absolute Gasteiger partial charge is 0.0541 e. The minimum atomic E-state index is -0.104. The van der Waals surface area contributed by atoms with Crippen LogP contribution >= 0.6 is 11.3 Å². The minimum absolute atomic E-state index is 0.104. The maximum atomic E-state index is 2.44. The van der Waals surface area contributed by atoms with Crippen molar-refractivity contribution in [1.82, 2.24) is 4.57 Å². The second kappa shape index (κ2) is 15.1. The quantitative estimate of drug-likeness (QED) is 0.155. The average molecular weight is 861 g/mol. The molecule has 0 spiro atoms. The molecule has 0 saturated carbocycles. The van der Waals surface area contributed by atoms with Crippen LogP contribution < -0.4 is 4.90 Å². The van der Waals surface area contributed by atoms with Gasteiger partial charge >= 0.3 is 0 Å². The third-order valence-electron chi connectivity index (χ3n) is 14.0. The molecule has 13 rings (SSSR count). The fourth-order valence-corrected chi connectivity index (χ4v) is 11.8. The fourth-order valence-electron chi connectivity index (χ4n) is 10.7. The zero-order valence-electron chi connectivity index (χ0n) is 36.7. The van der Waals surface area contributed by atoms with Gasteiger partial charge in [-0.2, -0.15) is 0 Å². The topological polar surface area (TPSA) is 8.17 Å². The minimum Gasteiger partial charge on any atom is -0.310 e. The van der Waals surface area contributed by atoms with Crippen LogP contribution in [0.25, 0.3) is 92.2 Å². The molecule has 312 valence electrons. The summed E-state index contributed by atoms with van der Waals surface area (Å²) in [6.07, 6.45) is 0. The highest BCUT2D eigenvalue weighted by Crippen LogP contribution is 2.51. The van der Waals surface area contributed by atoms with Gasteiger partial charge in [0.25, 0.3) is 0 Å². The van der Waals surface area contributed by atoms with E-state index in [-0.39, 0.29) is 5.41 Å². The zero-order valence-corrected chi connectivity index (χ0v) is 37.6. The Kier molecular flexibility index (Phi) is 8.78. The van der Waals surface area contributed by atoms with Crippen LogP contribution in [-0.2, 0) is 5.41 Å². The maximum absolute atomic E-state index is 2.44. The Balaban J connectivity index is 0.859. The number of thiophene rings is 1. The van der Waals surface area contributed by atoms with Crippen LogP contribution in [0.1, 0.15) is 25.0 Å². The van der Waals surface area contributed by atoms with E-state index in [1.807, 2.05) is 11.3 Å². The van der Waals surface area contributed by atoms with E-state index in [0.29, 0.717) is 0 Å². The Morgan fingerprint density at radius 1 is 0.348 bits per heavy atom. The molecule has 66 heavy (non-hydrogen) atoms. The molecular formula is C63H44N2S. The molecule has 2 heterocycles. The molecule has 10 aromatic carbocycles. The van der Waals surface area contributed by atoms with Crippen molar-refractivity contribution in [1.29, 1.82) is 0 Å². The highest BCUT2D eigenvalue weighted by Gasteiger charge is 2.35. The number of hydrogen-bond donors (Lipinski definition) is 0. The number of hydrogen-bond acceptors (Lipinski definition) is 2. The lowest BCUT2D eigenvalue weighted by molar-refractivity contribution is 0.660. The molecule has 1 aliphatic rings. The Hall–Kier alpha value is -7.98. The Labute approximate surface area is 388 Å². The molecular weight excluding hydrogens is 817 g/mol. The number of fused-ring (bicyclic) bond motifs is 9. The van der Waals surface area contributed by atoms with Crippen molar-refractivity contribution in [3.05, 3.63) is 242 Å². The third kappa shape index (κ3) is 6.15. The molecule has 12 aromatic rings. The number of para-hydroxylation sites is 2. The molecule has 0 saturated heterocycles. The lowest BCUT2D eigenvalue weighted by Crippen LogP contribution is -2.16. The molecule has 2 nitrogen and oxygen atoms in total. The summed E-state index contributed by atoms with van der Waals surface area (Å²) in [6, 6.07) is 85.1. The van der Waals surface area contributed by atoms with E-state index in [9.17, 15) is 0 Å². The molecule has 2 aromatic heterocycles. The Morgan fingerprint density at radius 2 is 0.909 bits per heavy atom. The van der Waals surface area contributed by atoms with Gasteiger partial charge in [-0.3, -0.25) is 0 Å². The van der Waals surface area contributed by atoms with Crippen LogP contribution in [-0.4, -0.2) is 4.57 Å². The van der Waals surface area contributed by atoms with Crippen LogP contribution in [0, 0.1) is 0 Å². The van der Waals surface area contributed by atoms with E-state index in [2.05, 4.69) is 254 Å². The molecule has 0 bridgehead atoms. The highest BCUT2D eigenvalue weighted by atomic mass is 32.1. The van der Waals surface area contributed by atoms with Gasteiger partial charge in [0.1, 0.15) is 0 Å². The largest absolute Gasteiger partial charge is 0.310 e. The van der Waals surface area contributed by atoms with Crippen LogP contribution in [0.2, 0.25) is 0 Å². The van der Waals surface area contributed by atoms with Gasteiger partial charge in [-0.15, -0.1) is 11.3 Å². The van der Waals surface area contributed by atoms with Gasteiger partial charge in [-0.05, 0) is 147 Å². The van der Waals surface area contributed by atoms with Crippen LogP contribution in [0.15, 0.2) is 231 Å². The monoisotopic (exact) mass is 860 g/mol. The summed E-state index contributed by atoms with van der Waals surface area (Å²) in [5, 5.41) is 5.11. The van der Waals surface area contributed by atoms with Gasteiger partial charge in [0.05, 0.1) is 11.0 Å². The molecule has 0 radical (unpaired) electrons. The summed E-state index contributed by atoms with van der Waals surface area (Å²) < 4.78 is 4.99. The van der Waals surface area contributed by atoms with Crippen molar-refractivity contribution < 1.29 is 0 Å². The van der Waals surface area contributed by atoms with E-state index in [4.69, 9.17) is 0 Å². The second-order valence-electron chi connectivity index (χ2n) is 18.1. The predicted molar refractivity (Wildman–Crippen MR) is 282 cm³/mol. The molecule has 3 heteroatoms. The van der Waals surface area contributed by atoms with Crippen LogP contribution in [0.4, 0.5) is 17.1 Å². The molecule has 0 fully saturated rings. The summed E-state index contributed by atoms with van der Waals surface area (Å²) in [5.74, 6) is 0. The van der Waals surface area contributed by atoms with E-state index in [0.717, 1.165) is 17.1 Å². The Bertz CT molecular complexity index is 3850. The number of anilines is 3. The molecule has 0 amide bonds. The van der Waals surface area contributed by atoms with Crippen molar-refractivity contribution in [3.63, 3.8) is 0 Å². The van der Waals surface area contributed by atoms with Crippen molar-refractivity contribution in [2.24, 2.45) is 0 Å². The number of nitrogens with zero attached hydrogens (tertiary/aromatic N) is 2. The summed E-state index contributed by atoms with van der Waals surface area (Å²) in [7, 11) is 0. The summed E-state index contributed by atoms with van der Waals surface area (Å²) in [5.41, 5.74) is 19.5. The van der Waals surface area contributed by atoms with Crippen molar-refractivity contribution >= 4 is 70.4 Å². The standard InChI is InChI=1S/C63H44N2S/c1-63(2)57-23-9-6-20-51(57)52-33-31-50(40-58(52)63)64(49-32-35-62-56(39-49)54-22-8-11-25-61(54)66-62)48-29-26-41(27-30-48)42-14-12-15-43(36-42)44-16-13-17-45(37-44)46-28-34-60-55(38-46)53-21-7-10-24-59(53)65(60)47-18-4-3-5-19-47/h3-40H,1-2H3. The number of aromatic nitrogens is 1. The first-order chi connectivity index (χ1) is 32.5. The second-order valence-corrected chi connectivity index (χ2v) is 19.2. The summed E-state index contributed by atoms with van der Waals surface area (Å²) >= 11 is 1.86. The molecule has 1 aliphatic carbocycles. The van der Waals surface area contributed by atoms with Gasteiger partial charge in [-0.25, -0.2) is 0 Å². The summed E-state index contributed by atoms with van der Waals surface area (Å²) in [6.45, 7) is 4.72. The first-order valence-corrected chi connectivity index (χ1v) is 23.6. The maximum Gasteiger partial charge on any atom is 0.0541 e. The normalized spacial score (nSPS) is 12.8. The number of rotatable bonds is 7. The van der Waals surface area contributed by atoms with Crippen molar-refractivity contribution in [2.75, 3.05) is 4.90 Å². The average Bonchev–Trinajstić information content (AvgIpc) is 3.99. The van der Waals surface area contributed by atoms with Gasteiger partial charge in [-0.1, -0.05) is 153 Å². The summed E-state index contributed by atoms with van der Waals surface area (Å²) in [4.78, 5) is 2.44. The highest BCUT2D eigenvalue weighted by molar-refractivity contribution is 7.25. The first-order valence-electron chi connectivity index (χ1n) is 22.8. The fraction of sp³-hybridized carbons (Fsp3) is 0.0476. The zero-order chi connectivity index (χ0) is 43.9. The van der Waals surface area contributed by atoms with Gasteiger partial charge in [0.15, 0.2) is 0 Å². The van der Waals surface area contributed by atoms with Gasteiger partial charge in [0.2, 0.25) is 0 Å². The molecule has 0 N–H and O–H groups in total. The van der Waals surface area contributed by atoms with E-state index < -0.39 is 0 Å². The molecule has 0 atom stereocenters. The number of benzene rings is 10. The third-order valence-corrected chi connectivity index (χ3v) is 15.1. The van der Waals surface area contributed by atoms with E-state index in [1.165, 1.54) is 103 Å². The lowest BCUT2D eigenvalue weighted by Gasteiger charge is -2.28. The molecule has 0 aliphatic heterocycles. The van der Waals surface area contributed by atoms with Gasteiger partial charge in [0, 0.05) is 59.1 Å². The van der Waals surface area contributed by atoms with Crippen LogP contribution in [0.5, 0.6) is 0 Å². The van der Waals surface area contributed by atoms with Gasteiger partial charge < -0.3 is 9.47 Å². The molecule has 0 unspecified atom stereocenters. The van der Waals surface area contributed by atoms with Crippen molar-refractivity contribution in [2.45, 2.75) is 19.3 Å². The van der Waals surface area contributed by atoms with E-state index >= 15 is 0 Å². The SMILES string of the molecule is CC1(C)c2ccccc2-c2ccc(N(c3ccc(-c4cccc(-c5cccc(-c6ccc7c(c6)c6ccccc6n7-c6ccccc6)c5)c4)cc3)c3ccc4sc5ccccc5c4c3)cc21. The predicted octanol–water partition coefficient (Wildman–Crippen LogP) is 17.9. The van der Waals surface area contributed by atoms with E-state index in [1.54, 1.807) is 0 Å². The lowest BCUT2D eigenvalue weighted by atomic mass is 9.82. The Morgan fingerprint density at radius 3 is 1.70 bits per heavy atom.